The van der Waals surface area contributed by atoms with Gasteiger partial charge in [-0.25, -0.2) is 0 Å². The molecule has 0 saturated heterocycles. The molecule has 22 heavy (non-hydrogen) atoms. The lowest BCUT2D eigenvalue weighted by Gasteiger charge is -2.28. The van der Waals surface area contributed by atoms with E-state index in [9.17, 15) is 9.59 Å². The van der Waals surface area contributed by atoms with Crippen molar-refractivity contribution in [2.24, 2.45) is 0 Å². The Morgan fingerprint density at radius 2 is 1.95 bits per heavy atom. The molecule has 1 aliphatic rings. The molecule has 0 spiro atoms. The highest BCUT2D eigenvalue weighted by molar-refractivity contribution is 6.31. The van der Waals surface area contributed by atoms with Crippen LogP contribution in [0.2, 0.25) is 5.02 Å². The number of hydrogen-bond donors (Lipinski definition) is 2. The summed E-state index contributed by atoms with van der Waals surface area (Å²) in [7, 11) is 0. The third-order valence-corrected chi connectivity index (χ3v) is 4.32. The molecule has 1 aliphatic carbocycles. The number of halogens is 1. The monoisotopic (exact) mass is 324 g/mol. The van der Waals surface area contributed by atoms with Crippen molar-refractivity contribution in [3.05, 3.63) is 34.9 Å². The van der Waals surface area contributed by atoms with Gasteiger partial charge in [0, 0.05) is 17.6 Å². The maximum atomic E-state index is 11.9. The summed E-state index contributed by atoms with van der Waals surface area (Å²) < 4.78 is 0. The van der Waals surface area contributed by atoms with Gasteiger partial charge in [-0.05, 0) is 24.5 Å². The molecule has 1 fully saturated rings. The van der Waals surface area contributed by atoms with Gasteiger partial charge in [-0.3, -0.25) is 14.5 Å². The van der Waals surface area contributed by atoms with Crippen LogP contribution in [0.4, 0.5) is 0 Å². The molecule has 1 aromatic carbocycles. The molecule has 120 valence electrons. The molecule has 0 unspecified atom stereocenters. The number of carbonyl (C=O) groups excluding carboxylic acids is 1. The van der Waals surface area contributed by atoms with Crippen LogP contribution in [0.25, 0.3) is 0 Å². The highest BCUT2D eigenvalue weighted by Gasteiger charge is 2.25. The average molecular weight is 325 g/mol. The predicted octanol–water partition coefficient (Wildman–Crippen LogP) is 2.29. The lowest BCUT2D eigenvalue weighted by molar-refractivity contribution is -0.138. The second kappa shape index (κ2) is 8.15. The van der Waals surface area contributed by atoms with E-state index < -0.39 is 5.97 Å². The Morgan fingerprint density at radius 3 is 2.59 bits per heavy atom. The molecule has 0 radical (unpaired) electrons. The SMILES string of the molecule is O=C(O)CNC(=O)CN(Cc1ccccc1Cl)C1CCCC1. The van der Waals surface area contributed by atoms with Gasteiger partial charge in [0.25, 0.3) is 0 Å². The highest BCUT2D eigenvalue weighted by atomic mass is 35.5. The first-order valence-corrected chi connectivity index (χ1v) is 7.90. The smallest absolute Gasteiger partial charge is 0.322 e. The Hall–Kier alpha value is -1.59. The van der Waals surface area contributed by atoms with Crippen LogP contribution in [0.3, 0.4) is 0 Å². The van der Waals surface area contributed by atoms with E-state index in [1.54, 1.807) is 0 Å². The first kappa shape index (κ1) is 16.8. The lowest BCUT2D eigenvalue weighted by atomic mass is 10.1. The van der Waals surface area contributed by atoms with Crippen molar-refractivity contribution in [2.75, 3.05) is 13.1 Å². The highest BCUT2D eigenvalue weighted by Crippen LogP contribution is 2.26. The Labute approximate surface area is 135 Å². The average Bonchev–Trinajstić information content (AvgIpc) is 3.01. The fourth-order valence-corrected chi connectivity index (χ4v) is 3.04. The van der Waals surface area contributed by atoms with E-state index in [4.69, 9.17) is 16.7 Å². The number of carboxylic acids is 1. The van der Waals surface area contributed by atoms with Gasteiger partial charge in [0.1, 0.15) is 6.54 Å². The number of rotatable bonds is 7. The van der Waals surface area contributed by atoms with Crippen LogP contribution in [0.1, 0.15) is 31.2 Å². The van der Waals surface area contributed by atoms with E-state index in [0.29, 0.717) is 17.6 Å². The molecule has 1 saturated carbocycles. The summed E-state index contributed by atoms with van der Waals surface area (Å²) in [6.45, 7) is 0.456. The third kappa shape index (κ3) is 5.00. The van der Waals surface area contributed by atoms with Gasteiger partial charge in [0.05, 0.1) is 6.54 Å². The molecule has 2 rings (SSSR count). The minimum Gasteiger partial charge on any atom is -0.480 e. The standard InChI is InChI=1S/C16H21ClN2O3/c17-14-8-4-1-5-12(14)10-19(13-6-2-3-7-13)11-15(20)18-9-16(21)22/h1,4-5,8,13H,2-3,6-7,9-11H2,(H,18,20)(H,21,22). The quantitative estimate of drug-likeness (QED) is 0.807. The number of carboxylic acid groups (broad SMARTS) is 1. The summed E-state index contributed by atoms with van der Waals surface area (Å²) in [6, 6.07) is 7.96. The Kier molecular flexibility index (Phi) is 6.21. The summed E-state index contributed by atoms with van der Waals surface area (Å²) in [6.07, 6.45) is 4.47. The number of nitrogens with zero attached hydrogens (tertiary/aromatic N) is 1. The van der Waals surface area contributed by atoms with Gasteiger partial charge in [0.2, 0.25) is 5.91 Å². The first-order valence-electron chi connectivity index (χ1n) is 7.52. The number of carbonyl (C=O) groups is 2. The van der Waals surface area contributed by atoms with Gasteiger partial charge < -0.3 is 10.4 Å². The van der Waals surface area contributed by atoms with Crippen molar-refractivity contribution in [3.8, 4) is 0 Å². The van der Waals surface area contributed by atoms with Gasteiger partial charge in [0.15, 0.2) is 0 Å². The number of benzene rings is 1. The van der Waals surface area contributed by atoms with Crippen molar-refractivity contribution in [1.29, 1.82) is 0 Å². The number of hydrogen-bond acceptors (Lipinski definition) is 3. The molecule has 6 heteroatoms. The van der Waals surface area contributed by atoms with Crippen LogP contribution in [-0.4, -0.2) is 41.0 Å². The second-order valence-corrected chi connectivity index (χ2v) is 6.01. The summed E-state index contributed by atoms with van der Waals surface area (Å²) in [5, 5.41) is 11.7. The molecule has 1 amide bonds. The van der Waals surface area contributed by atoms with Crippen molar-refractivity contribution in [3.63, 3.8) is 0 Å². The third-order valence-electron chi connectivity index (χ3n) is 3.96. The van der Waals surface area contributed by atoms with Crippen LogP contribution < -0.4 is 5.32 Å². The Morgan fingerprint density at radius 1 is 1.27 bits per heavy atom. The van der Waals surface area contributed by atoms with Crippen LogP contribution in [-0.2, 0) is 16.1 Å². The van der Waals surface area contributed by atoms with Gasteiger partial charge in [-0.2, -0.15) is 0 Å². The normalized spacial score (nSPS) is 15.2. The van der Waals surface area contributed by atoms with Gasteiger partial charge in [-0.1, -0.05) is 42.6 Å². The van der Waals surface area contributed by atoms with Gasteiger partial charge >= 0.3 is 5.97 Å². The van der Waals surface area contributed by atoms with E-state index in [1.165, 1.54) is 12.8 Å². The molecule has 0 heterocycles. The number of amides is 1. The fraction of sp³-hybridized carbons (Fsp3) is 0.500. The molecule has 5 nitrogen and oxygen atoms in total. The largest absolute Gasteiger partial charge is 0.480 e. The lowest BCUT2D eigenvalue weighted by Crippen LogP contribution is -2.42. The maximum Gasteiger partial charge on any atom is 0.322 e. The fourth-order valence-electron chi connectivity index (χ4n) is 2.84. The number of aliphatic carboxylic acids is 1. The van der Waals surface area contributed by atoms with Crippen LogP contribution in [0, 0.1) is 0 Å². The van der Waals surface area contributed by atoms with Crippen molar-refractivity contribution >= 4 is 23.5 Å². The minimum absolute atomic E-state index is 0.198. The zero-order chi connectivity index (χ0) is 15.9. The Balaban J connectivity index is 2.01. The summed E-state index contributed by atoms with van der Waals surface area (Å²) in [4.78, 5) is 24.6. The minimum atomic E-state index is -1.04. The topological polar surface area (TPSA) is 69.6 Å². The second-order valence-electron chi connectivity index (χ2n) is 5.61. The molecular weight excluding hydrogens is 304 g/mol. The summed E-state index contributed by atoms with van der Waals surface area (Å²) in [5.74, 6) is -1.30. The van der Waals surface area contributed by atoms with E-state index in [-0.39, 0.29) is 19.0 Å². The van der Waals surface area contributed by atoms with E-state index >= 15 is 0 Å². The van der Waals surface area contributed by atoms with Crippen molar-refractivity contribution in [2.45, 2.75) is 38.3 Å². The summed E-state index contributed by atoms with van der Waals surface area (Å²) >= 11 is 6.21. The Bertz CT molecular complexity index is 530. The number of nitrogens with one attached hydrogen (secondary N) is 1. The molecule has 0 aliphatic heterocycles. The zero-order valence-corrected chi connectivity index (χ0v) is 13.2. The summed E-state index contributed by atoms with van der Waals surface area (Å²) in [5.41, 5.74) is 0.988. The van der Waals surface area contributed by atoms with Crippen molar-refractivity contribution in [1.82, 2.24) is 10.2 Å². The van der Waals surface area contributed by atoms with Crippen LogP contribution >= 0.6 is 11.6 Å². The van der Waals surface area contributed by atoms with Crippen molar-refractivity contribution < 1.29 is 14.7 Å². The predicted molar refractivity (Wildman–Crippen MR) is 84.8 cm³/mol. The molecular formula is C16H21ClN2O3. The zero-order valence-electron chi connectivity index (χ0n) is 12.4. The molecule has 0 atom stereocenters. The maximum absolute atomic E-state index is 11.9. The van der Waals surface area contributed by atoms with Crippen LogP contribution in [0.5, 0.6) is 0 Å². The first-order chi connectivity index (χ1) is 10.6. The van der Waals surface area contributed by atoms with E-state index in [1.807, 2.05) is 24.3 Å². The van der Waals surface area contributed by atoms with Gasteiger partial charge in [-0.15, -0.1) is 0 Å². The van der Waals surface area contributed by atoms with E-state index in [0.717, 1.165) is 18.4 Å². The van der Waals surface area contributed by atoms with Crippen LogP contribution in [0.15, 0.2) is 24.3 Å². The molecule has 1 aromatic rings. The molecule has 2 N–H and O–H groups in total. The molecule has 0 aromatic heterocycles. The molecule has 0 bridgehead atoms. The van der Waals surface area contributed by atoms with E-state index in [2.05, 4.69) is 10.2 Å².